The van der Waals surface area contributed by atoms with E-state index in [1.807, 2.05) is 0 Å². The van der Waals surface area contributed by atoms with Gasteiger partial charge in [0.15, 0.2) is 0 Å². The minimum absolute atomic E-state index is 0.00741. The second-order valence-electron chi connectivity index (χ2n) is 2.89. The smallest absolute Gasteiger partial charge is 0.324 e. The number of aromatic nitrogens is 1. The fourth-order valence-electron chi connectivity index (χ4n) is 0.939. The molecule has 1 heterocycles. The molecule has 1 aromatic rings. The fourth-order valence-corrected chi connectivity index (χ4v) is 1.21. The molecule has 0 aromatic carbocycles. The summed E-state index contributed by atoms with van der Waals surface area (Å²) >= 11 is 5.58. The van der Waals surface area contributed by atoms with Crippen LogP contribution in [0.5, 0.6) is 0 Å². The first kappa shape index (κ1) is 11.3. The standard InChI is InChI=1S/C8H8ClF3N2/c1-4(13)6-2-5(8(10,11)12)3-14-7(6)9/h2-4H,13H2,1H3/t4-/m1/s1. The fraction of sp³-hybridized carbons (Fsp3) is 0.375. The van der Waals surface area contributed by atoms with Crippen LogP contribution in [-0.4, -0.2) is 4.98 Å². The summed E-state index contributed by atoms with van der Waals surface area (Å²) in [5.74, 6) is 0. The van der Waals surface area contributed by atoms with Gasteiger partial charge in [-0.15, -0.1) is 0 Å². The van der Waals surface area contributed by atoms with E-state index in [0.717, 1.165) is 6.07 Å². The zero-order valence-corrected chi connectivity index (χ0v) is 8.02. The van der Waals surface area contributed by atoms with Gasteiger partial charge in [0.1, 0.15) is 5.15 Å². The highest BCUT2D eigenvalue weighted by atomic mass is 35.5. The summed E-state index contributed by atoms with van der Waals surface area (Å²) in [5.41, 5.74) is 4.79. The summed E-state index contributed by atoms with van der Waals surface area (Å²) in [7, 11) is 0. The molecule has 0 aliphatic heterocycles. The second kappa shape index (κ2) is 3.74. The quantitative estimate of drug-likeness (QED) is 0.745. The Morgan fingerprint density at radius 1 is 1.50 bits per heavy atom. The molecule has 14 heavy (non-hydrogen) atoms. The molecule has 0 amide bonds. The van der Waals surface area contributed by atoms with Crippen molar-refractivity contribution >= 4 is 11.6 Å². The van der Waals surface area contributed by atoms with Gasteiger partial charge in [0.25, 0.3) is 0 Å². The van der Waals surface area contributed by atoms with E-state index in [1.54, 1.807) is 6.92 Å². The first-order valence-corrected chi connectivity index (χ1v) is 4.18. The molecule has 2 nitrogen and oxygen atoms in total. The monoisotopic (exact) mass is 224 g/mol. The number of alkyl halides is 3. The number of nitrogens with two attached hydrogens (primary N) is 1. The molecular weight excluding hydrogens is 217 g/mol. The minimum atomic E-state index is -4.42. The van der Waals surface area contributed by atoms with Crippen LogP contribution in [0.3, 0.4) is 0 Å². The predicted octanol–water partition coefficient (Wildman–Crippen LogP) is 2.77. The number of nitrogens with zero attached hydrogens (tertiary/aromatic N) is 1. The number of halogens is 4. The molecule has 6 heteroatoms. The largest absolute Gasteiger partial charge is 0.417 e. The lowest BCUT2D eigenvalue weighted by Gasteiger charge is -2.11. The Morgan fingerprint density at radius 2 is 2.07 bits per heavy atom. The van der Waals surface area contributed by atoms with Crippen LogP contribution in [0.2, 0.25) is 5.15 Å². The molecule has 0 saturated carbocycles. The maximum absolute atomic E-state index is 12.2. The van der Waals surface area contributed by atoms with Gasteiger partial charge >= 0.3 is 6.18 Å². The number of pyridine rings is 1. The van der Waals surface area contributed by atoms with Crippen molar-refractivity contribution in [1.82, 2.24) is 4.98 Å². The minimum Gasteiger partial charge on any atom is -0.324 e. The van der Waals surface area contributed by atoms with Crippen molar-refractivity contribution in [1.29, 1.82) is 0 Å². The van der Waals surface area contributed by atoms with Gasteiger partial charge in [-0.1, -0.05) is 11.6 Å². The lowest BCUT2D eigenvalue weighted by molar-refractivity contribution is -0.137. The van der Waals surface area contributed by atoms with Gasteiger partial charge in [0.2, 0.25) is 0 Å². The van der Waals surface area contributed by atoms with Gasteiger partial charge in [-0.2, -0.15) is 13.2 Å². The molecule has 0 aliphatic rings. The molecule has 0 bridgehead atoms. The molecule has 0 fully saturated rings. The molecule has 0 radical (unpaired) electrons. The van der Waals surface area contributed by atoms with E-state index >= 15 is 0 Å². The Balaban J connectivity index is 3.20. The summed E-state index contributed by atoms with van der Waals surface area (Å²) in [6, 6.07) is 0.345. The van der Waals surface area contributed by atoms with Crippen LogP contribution >= 0.6 is 11.6 Å². The van der Waals surface area contributed by atoms with Crippen LogP contribution in [0.15, 0.2) is 12.3 Å². The van der Waals surface area contributed by atoms with E-state index in [0.29, 0.717) is 6.20 Å². The second-order valence-corrected chi connectivity index (χ2v) is 3.25. The van der Waals surface area contributed by atoms with Crippen LogP contribution in [0.25, 0.3) is 0 Å². The van der Waals surface area contributed by atoms with Crippen molar-refractivity contribution in [3.8, 4) is 0 Å². The van der Waals surface area contributed by atoms with E-state index in [-0.39, 0.29) is 10.7 Å². The van der Waals surface area contributed by atoms with Crippen molar-refractivity contribution in [2.75, 3.05) is 0 Å². The summed E-state index contributed by atoms with van der Waals surface area (Å²) in [6.07, 6.45) is -3.73. The Labute approximate surface area is 83.9 Å². The first-order valence-electron chi connectivity index (χ1n) is 3.80. The molecule has 1 rings (SSSR count). The third-order valence-corrected chi connectivity index (χ3v) is 2.00. The number of hydrogen-bond donors (Lipinski definition) is 1. The topological polar surface area (TPSA) is 38.9 Å². The predicted molar refractivity (Wildman–Crippen MR) is 46.9 cm³/mol. The molecule has 0 unspecified atom stereocenters. The van der Waals surface area contributed by atoms with E-state index in [4.69, 9.17) is 17.3 Å². The lowest BCUT2D eigenvalue weighted by atomic mass is 10.1. The van der Waals surface area contributed by atoms with Crippen molar-refractivity contribution < 1.29 is 13.2 Å². The summed E-state index contributed by atoms with van der Waals surface area (Å²) < 4.78 is 36.7. The van der Waals surface area contributed by atoms with E-state index in [9.17, 15) is 13.2 Å². The van der Waals surface area contributed by atoms with Crippen LogP contribution < -0.4 is 5.73 Å². The third-order valence-electron chi connectivity index (χ3n) is 1.68. The highest BCUT2D eigenvalue weighted by Gasteiger charge is 2.31. The Kier molecular flexibility index (Phi) is 3.01. The van der Waals surface area contributed by atoms with E-state index in [2.05, 4.69) is 4.98 Å². The van der Waals surface area contributed by atoms with Crippen LogP contribution in [0.4, 0.5) is 13.2 Å². The summed E-state index contributed by atoms with van der Waals surface area (Å²) in [6.45, 7) is 1.54. The maximum Gasteiger partial charge on any atom is 0.417 e. The average molecular weight is 225 g/mol. The Morgan fingerprint density at radius 3 is 2.50 bits per heavy atom. The normalized spacial score (nSPS) is 14.1. The Bertz CT molecular complexity index is 336. The molecule has 0 spiro atoms. The number of rotatable bonds is 1. The van der Waals surface area contributed by atoms with Gasteiger partial charge in [0, 0.05) is 17.8 Å². The van der Waals surface area contributed by atoms with Gasteiger partial charge in [0.05, 0.1) is 5.56 Å². The third kappa shape index (κ3) is 2.36. The molecule has 78 valence electrons. The van der Waals surface area contributed by atoms with Crippen molar-refractivity contribution in [3.63, 3.8) is 0 Å². The van der Waals surface area contributed by atoms with Crippen LogP contribution in [-0.2, 0) is 6.18 Å². The van der Waals surface area contributed by atoms with Gasteiger partial charge in [-0.3, -0.25) is 0 Å². The molecular formula is C8H8ClF3N2. The van der Waals surface area contributed by atoms with Crippen molar-refractivity contribution in [3.05, 3.63) is 28.5 Å². The van der Waals surface area contributed by atoms with Crippen molar-refractivity contribution in [2.45, 2.75) is 19.1 Å². The molecule has 1 atom stereocenters. The van der Waals surface area contributed by atoms with E-state index < -0.39 is 17.8 Å². The first-order chi connectivity index (χ1) is 6.32. The summed E-state index contributed by atoms with van der Waals surface area (Å²) in [4.78, 5) is 3.43. The van der Waals surface area contributed by atoms with Crippen LogP contribution in [0, 0.1) is 0 Å². The molecule has 1 aromatic heterocycles. The highest BCUT2D eigenvalue weighted by Crippen LogP contribution is 2.31. The zero-order valence-electron chi connectivity index (χ0n) is 7.27. The maximum atomic E-state index is 12.2. The zero-order chi connectivity index (χ0) is 10.9. The molecule has 2 N–H and O–H groups in total. The number of hydrogen-bond acceptors (Lipinski definition) is 2. The molecule has 0 saturated heterocycles. The van der Waals surface area contributed by atoms with E-state index in [1.165, 1.54) is 0 Å². The van der Waals surface area contributed by atoms with Crippen LogP contribution in [0.1, 0.15) is 24.1 Å². The van der Waals surface area contributed by atoms with Gasteiger partial charge in [-0.05, 0) is 13.0 Å². The highest BCUT2D eigenvalue weighted by molar-refractivity contribution is 6.30. The van der Waals surface area contributed by atoms with Gasteiger partial charge in [-0.25, -0.2) is 4.98 Å². The Hall–Kier alpha value is -0.810. The average Bonchev–Trinajstić information content (AvgIpc) is 2.02. The molecule has 0 aliphatic carbocycles. The summed E-state index contributed by atoms with van der Waals surface area (Å²) in [5, 5.41) is 0.00741. The van der Waals surface area contributed by atoms with Crippen molar-refractivity contribution in [2.24, 2.45) is 5.73 Å². The SMILES string of the molecule is C[C@@H](N)c1cc(C(F)(F)F)cnc1Cl. The lowest BCUT2D eigenvalue weighted by Crippen LogP contribution is -2.11. The van der Waals surface area contributed by atoms with Gasteiger partial charge < -0.3 is 5.73 Å².